The molecule has 0 radical (unpaired) electrons. The van der Waals surface area contributed by atoms with Crippen LogP contribution in [0.4, 0.5) is 0 Å². The zero-order valence-corrected chi connectivity index (χ0v) is 12.9. The lowest BCUT2D eigenvalue weighted by molar-refractivity contribution is -0.130. The Morgan fingerprint density at radius 2 is 1.96 bits per heavy atom. The van der Waals surface area contributed by atoms with Crippen molar-refractivity contribution in [3.05, 3.63) is 48.0 Å². The zero-order valence-electron chi connectivity index (χ0n) is 12.9. The molecule has 7 nitrogen and oxygen atoms in total. The summed E-state index contributed by atoms with van der Waals surface area (Å²) in [6.07, 6.45) is -0.825. The van der Waals surface area contributed by atoms with Gasteiger partial charge in [0.2, 0.25) is 6.10 Å². The van der Waals surface area contributed by atoms with Gasteiger partial charge in [-0.2, -0.15) is 5.10 Å². The summed E-state index contributed by atoms with van der Waals surface area (Å²) in [7, 11) is 0. The lowest BCUT2D eigenvalue weighted by Crippen LogP contribution is -2.42. The number of carbonyl (C=O) groups is 1. The first-order chi connectivity index (χ1) is 11.5. The number of amides is 1. The highest BCUT2D eigenvalue weighted by Gasteiger charge is 2.27. The lowest BCUT2D eigenvalue weighted by atomic mass is 10.1. The molecular formula is C17H16N2O5. The smallest absolute Gasteiger partial charge is 0.284 e. The van der Waals surface area contributed by atoms with Crippen molar-refractivity contribution < 1.29 is 24.5 Å². The molecule has 124 valence electrons. The molecule has 2 aromatic carbocycles. The summed E-state index contributed by atoms with van der Waals surface area (Å²) in [5.41, 5.74) is 3.04. The second kappa shape index (κ2) is 6.49. The number of ether oxygens (including phenoxy) is 2. The molecule has 1 atom stereocenters. The predicted octanol–water partition coefficient (Wildman–Crippen LogP) is 1.78. The number of phenolic OH excluding ortho intramolecular Hbond substituents is 2. The van der Waals surface area contributed by atoms with Crippen LogP contribution in [-0.4, -0.2) is 34.5 Å². The second-order valence-electron chi connectivity index (χ2n) is 5.24. The molecule has 7 heteroatoms. The molecule has 1 heterocycles. The SMILES string of the molecule is C/C(=N\NC(=O)C1COc2ccccc2O1)c1cc(O)ccc1O. The van der Waals surface area contributed by atoms with Crippen LogP contribution in [-0.2, 0) is 4.79 Å². The predicted molar refractivity (Wildman–Crippen MR) is 86.5 cm³/mol. The average molecular weight is 328 g/mol. The van der Waals surface area contributed by atoms with Gasteiger partial charge in [-0.05, 0) is 37.3 Å². The van der Waals surface area contributed by atoms with Crippen molar-refractivity contribution >= 4 is 11.6 Å². The van der Waals surface area contributed by atoms with Gasteiger partial charge in [0.05, 0.1) is 5.71 Å². The number of para-hydroxylation sites is 2. The fourth-order valence-electron chi connectivity index (χ4n) is 2.23. The van der Waals surface area contributed by atoms with Crippen molar-refractivity contribution in [2.75, 3.05) is 6.61 Å². The van der Waals surface area contributed by atoms with Gasteiger partial charge < -0.3 is 19.7 Å². The van der Waals surface area contributed by atoms with Gasteiger partial charge in [0, 0.05) is 5.56 Å². The fraction of sp³-hybridized carbons (Fsp3) is 0.176. The van der Waals surface area contributed by atoms with E-state index in [4.69, 9.17) is 9.47 Å². The van der Waals surface area contributed by atoms with Crippen molar-refractivity contribution in [3.8, 4) is 23.0 Å². The molecule has 1 unspecified atom stereocenters. The van der Waals surface area contributed by atoms with Gasteiger partial charge in [-0.15, -0.1) is 0 Å². The first-order valence-corrected chi connectivity index (χ1v) is 7.29. The topological polar surface area (TPSA) is 100 Å². The largest absolute Gasteiger partial charge is 0.508 e. The Morgan fingerprint density at radius 3 is 2.75 bits per heavy atom. The van der Waals surface area contributed by atoms with Gasteiger partial charge in [-0.25, -0.2) is 5.43 Å². The van der Waals surface area contributed by atoms with E-state index in [1.54, 1.807) is 25.1 Å². The van der Waals surface area contributed by atoms with E-state index in [9.17, 15) is 15.0 Å². The Morgan fingerprint density at radius 1 is 1.21 bits per heavy atom. The van der Waals surface area contributed by atoms with Crippen LogP contribution in [0.3, 0.4) is 0 Å². The minimum atomic E-state index is -0.825. The van der Waals surface area contributed by atoms with Crippen LogP contribution in [0, 0.1) is 0 Å². The summed E-state index contributed by atoms with van der Waals surface area (Å²) >= 11 is 0. The summed E-state index contributed by atoms with van der Waals surface area (Å²) in [5, 5.41) is 23.2. The van der Waals surface area contributed by atoms with Crippen LogP contribution in [0.1, 0.15) is 12.5 Å². The van der Waals surface area contributed by atoms with Crippen molar-refractivity contribution in [3.63, 3.8) is 0 Å². The third-order valence-corrected chi connectivity index (χ3v) is 3.50. The molecule has 0 saturated carbocycles. The van der Waals surface area contributed by atoms with Gasteiger partial charge >= 0.3 is 0 Å². The van der Waals surface area contributed by atoms with Crippen LogP contribution >= 0.6 is 0 Å². The summed E-state index contributed by atoms with van der Waals surface area (Å²) < 4.78 is 11.1. The standard InChI is InChI=1S/C17H16N2O5/c1-10(12-8-11(20)6-7-13(12)21)18-19-17(22)16-9-23-14-4-2-3-5-15(14)24-16/h2-8,16,20-21H,9H2,1H3,(H,19,22)/b18-10+. The molecule has 0 fully saturated rings. The van der Waals surface area contributed by atoms with E-state index < -0.39 is 12.0 Å². The molecular weight excluding hydrogens is 312 g/mol. The quantitative estimate of drug-likeness (QED) is 0.453. The molecule has 2 aromatic rings. The summed E-state index contributed by atoms with van der Waals surface area (Å²) in [5.74, 6) is 0.559. The molecule has 1 aliphatic rings. The normalized spacial score (nSPS) is 16.5. The first kappa shape index (κ1) is 15.7. The molecule has 1 amide bonds. The van der Waals surface area contributed by atoms with Crippen LogP contribution in [0.2, 0.25) is 0 Å². The number of hydrogen-bond donors (Lipinski definition) is 3. The van der Waals surface area contributed by atoms with Gasteiger partial charge in [-0.3, -0.25) is 4.79 Å². The molecule has 24 heavy (non-hydrogen) atoms. The number of benzene rings is 2. The van der Waals surface area contributed by atoms with Crippen LogP contribution in [0.25, 0.3) is 0 Å². The maximum atomic E-state index is 12.2. The van der Waals surface area contributed by atoms with Gasteiger partial charge in [0.1, 0.15) is 18.1 Å². The number of phenols is 2. The summed E-state index contributed by atoms with van der Waals surface area (Å²) in [4.78, 5) is 12.2. The number of carbonyl (C=O) groups excluding carboxylic acids is 1. The third-order valence-electron chi connectivity index (χ3n) is 3.50. The number of nitrogens with zero attached hydrogens (tertiary/aromatic N) is 1. The number of fused-ring (bicyclic) bond motifs is 1. The van der Waals surface area contributed by atoms with Crippen molar-refractivity contribution in [1.82, 2.24) is 5.43 Å². The highest BCUT2D eigenvalue weighted by molar-refractivity contribution is 6.02. The van der Waals surface area contributed by atoms with E-state index in [1.807, 2.05) is 6.07 Å². The molecule has 0 aliphatic carbocycles. The van der Waals surface area contributed by atoms with Crippen LogP contribution in [0.5, 0.6) is 23.0 Å². The number of hydrazone groups is 1. The Hall–Kier alpha value is -3.22. The monoisotopic (exact) mass is 328 g/mol. The van der Waals surface area contributed by atoms with E-state index in [-0.39, 0.29) is 18.1 Å². The average Bonchev–Trinajstić information content (AvgIpc) is 2.61. The van der Waals surface area contributed by atoms with E-state index in [2.05, 4.69) is 10.5 Å². The number of rotatable bonds is 3. The zero-order chi connectivity index (χ0) is 17.1. The van der Waals surface area contributed by atoms with Gasteiger partial charge in [0.25, 0.3) is 5.91 Å². The first-order valence-electron chi connectivity index (χ1n) is 7.29. The van der Waals surface area contributed by atoms with Crippen molar-refractivity contribution in [2.45, 2.75) is 13.0 Å². The summed E-state index contributed by atoms with van der Waals surface area (Å²) in [6.45, 7) is 1.68. The minimum absolute atomic E-state index is 0.00991. The van der Waals surface area contributed by atoms with E-state index in [1.165, 1.54) is 18.2 Å². The van der Waals surface area contributed by atoms with E-state index in [0.717, 1.165) is 0 Å². The number of hydrogen-bond acceptors (Lipinski definition) is 6. The summed E-state index contributed by atoms with van der Waals surface area (Å²) in [6, 6.07) is 11.1. The van der Waals surface area contributed by atoms with E-state index >= 15 is 0 Å². The second-order valence-corrected chi connectivity index (χ2v) is 5.24. The maximum absolute atomic E-state index is 12.2. The highest BCUT2D eigenvalue weighted by Crippen LogP contribution is 2.30. The molecule has 1 aliphatic heterocycles. The minimum Gasteiger partial charge on any atom is -0.508 e. The van der Waals surface area contributed by atoms with E-state index in [0.29, 0.717) is 22.8 Å². The third kappa shape index (κ3) is 3.24. The van der Waals surface area contributed by atoms with Gasteiger partial charge in [-0.1, -0.05) is 12.1 Å². The van der Waals surface area contributed by atoms with Crippen molar-refractivity contribution in [2.24, 2.45) is 5.10 Å². The Bertz CT molecular complexity index is 803. The molecule has 0 spiro atoms. The fourth-order valence-corrected chi connectivity index (χ4v) is 2.23. The highest BCUT2D eigenvalue weighted by atomic mass is 16.6. The molecule has 3 rings (SSSR count). The maximum Gasteiger partial charge on any atom is 0.284 e. The van der Waals surface area contributed by atoms with Gasteiger partial charge in [0.15, 0.2) is 11.5 Å². The number of aromatic hydroxyl groups is 2. The number of nitrogens with one attached hydrogen (secondary N) is 1. The molecule has 0 aromatic heterocycles. The van der Waals surface area contributed by atoms with Crippen LogP contribution in [0.15, 0.2) is 47.6 Å². The molecule has 0 bridgehead atoms. The molecule has 3 N–H and O–H groups in total. The molecule has 0 saturated heterocycles. The Balaban J connectivity index is 1.68. The Kier molecular flexibility index (Phi) is 4.24. The van der Waals surface area contributed by atoms with Crippen molar-refractivity contribution in [1.29, 1.82) is 0 Å². The van der Waals surface area contributed by atoms with Crippen LogP contribution < -0.4 is 14.9 Å². The lowest BCUT2D eigenvalue weighted by Gasteiger charge is -2.24. The Labute approximate surface area is 138 Å².